The van der Waals surface area contributed by atoms with Crippen molar-refractivity contribution in [3.63, 3.8) is 0 Å². The van der Waals surface area contributed by atoms with Crippen molar-refractivity contribution in [2.45, 2.75) is 24.8 Å². The zero-order valence-electron chi connectivity index (χ0n) is 9.49. The van der Waals surface area contributed by atoms with Gasteiger partial charge in [0.05, 0.1) is 10.6 Å². The quantitative estimate of drug-likeness (QED) is 0.909. The Morgan fingerprint density at radius 3 is 2.78 bits per heavy atom. The Morgan fingerprint density at radius 2 is 2.17 bits per heavy atom. The molecule has 1 saturated carbocycles. The second-order valence-electron chi connectivity index (χ2n) is 4.56. The van der Waals surface area contributed by atoms with Crippen LogP contribution in [0, 0.1) is 5.82 Å². The highest BCUT2D eigenvalue weighted by atomic mass is 35.5. The van der Waals surface area contributed by atoms with Crippen LogP contribution in [0.2, 0.25) is 5.02 Å². The molecule has 0 aliphatic heterocycles. The molecular weight excluding hydrogens is 257 g/mol. The summed E-state index contributed by atoms with van der Waals surface area (Å²) in [5, 5.41) is 3.89. The molecule has 18 heavy (non-hydrogen) atoms. The van der Waals surface area contributed by atoms with E-state index in [0.717, 1.165) is 19.3 Å². The molecule has 1 aromatic heterocycles. The summed E-state index contributed by atoms with van der Waals surface area (Å²) in [6.07, 6.45) is 2.76. The topological polar surface area (TPSA) is 64.9 Å². The summed E-state index contributed by atoms with van der Waals surface area (Å²) in [5.41, 5.74) is 6.21. The van der Waals surface area contributed by atoms with Crippen LogP contribution in [-0.4, -0.2) is 10.1 Å². The van der Waals surface area contributed by atoms with E-state index in [1.165, 1.54) is 12.1 Å². The van der Waals surface area contributed by atoms with Crippen LogP contribution < -0.4 is 5.73 Å². The summed E-state index contributed by atoms with van der Waals surface area (Å²) < 4.78 is 18.2. The average Bonchev–Trinajstić information content (AvgIpc) is 2.79. The Balaban J connectivity index is 1.95. The van der Waals surface area contributed by atoms with E-state index in [4.69, 9.17) is 21.9 Å². The molecule has 0 amide bonds. The lowest BCUT2D eigenvalue weighted by Crippen LogP contribution is -2.43. The predicted molar refractivity (Wildman–Crippen MR) is 64.4 cm³/mol. The van der Waals surface area contributed by atoms with Crippen LogP contribution in [-0.2, 0) is 5.54 Å². The van der Waals surface area contributed by atoms with Gasteiger partial charge in [-0.05, 0) is 37.5 Å². The van der Waals surface area contributed by atoms with Gasteiger partial charge in [-0.1, -0.05) is 16.8 Å². The van der Waals surface area contributed by atoms with Crippen molar-refractivity contribution in [1.82, 2.24) is 10.1 Å². The second-order valence-corrected chi connectivity index (χ2v) is 4.97. The van der Waals surface area contributed by atoms with Crippen LogP contribution in [0.4, 0.5) is 4.39 Å². The molecule has 1 aliphatic rings. The van der Waals surface area contributed by atoms with E-state index in [9.17, 15) is 4.39 Å². The van der Waals surface area contributed by atoms with Crippen LogP contribution in [0.1, 0.15) is 25.2 Å². The van der Waals surface area contributed by atoms with E-state index in [-0.39, 0.29) is 5.02 Å². The van der Waals surface area contributed by atoms with E-state index in [0.29, 0.717) is 17.3 Å². The van der Waals surface area contributed by atoms with E-state index < -0.39 is 11.4 Å². The monoisotopic (exact) mass is 267 g/mol. The molecule has 1 fully saturated rings. The van der Waals surface area contributed by atoms with Gasteiger partial charge >= 0.3 is 0 Å². The lowest BCUT2D eigenvalue weighted by Gasteiger charge is -2.33. The molecule has 0 atom stereocenters. The van der Waals surface area contributed by atoms with Crippen molar-refractivity contribution >= 4 is 11.6 Å². The van der Waals surface area contributed by atoms with Gasteiger partial charge in [0.25, 0.3) is 0 Å². The van der Waals surface area contributed by atoms with Crippen molar-refractivity contribution in [1.29, 1.82) is 0 Å². The lowest BCUT2D eigenvalue weighted by atomic mass is 9.78. The maximum Gasteiger partial charge on any atom is 0.247 e. The molecule has 6 heteroatoms. The van der Waals surface area contributed by atoms with Gasteiger partial charge in [0.2, 0.25) is 11.7 Å². The maximum absolute atomic E-state index is 13.1. The van der Waals surface area contributed by atoms with Crippen molar-refractivity contribution in [3.05, 3.63) is 34.9 Å². The highest BCUT2D eigenvalue weighted by Crippen LogP contribution is 2.38. The molecule has 1 heterocycles. The van der Waals surface area contributed by atoms with Gasteiger partial charge in [-0.2, -0.15) is 4.98 Å². The minimum atomic E-state index is -0.491. The Morgan fingerprint density at radius 1 is 1.39 bits per heavy atom. The second kappa shape index (κ2) is 4.03. The molecule has 2 N–H and O–H groups in total. The first-order valence-electron chi connectivity index (χ1n) is 5.67. The fraction of sp³-hybridized carbons (Fsp3) is 0.333. The zero-order chi connectivity index (χ0) is 12.8. The molecule has 94 valence electrons. The number of halogens is 2. The third kappa shape index (κ3) is 1.79. The Bertz CT molecular complexity index is 595. The van der Waals surface area contributed by atoms with Gasteiger partial charge in [0.15, 0.2) is 0 Å². The van der Waals surface area contributed by atoms with E-state index in [2.05, 4.69) is 10.1 Å². The number of rotatable bonds is 2. The number of hydrogen-bond acceptors (Lipinski definition) is 4. The van der Waals surface area contributed by atoms with Crippen LogP contribution >= 0.6 is 11.6 Å². The summed E-state index contributed by atoms with van der Waals surface area (Å²) in [5.74, 6) is 0.339. The first-order valence-corrected chi connectivity index (χ1v) is 6.05. The molecule has 0 saturated heterocycles. The molecule has 1 aliphatic carbocycles. The van der Waals surface area contributed by atoms with Crippen molar-refractivity contribution in [2.24, 2.45) is 5.73 Å². The Hall–Kier alpha value is -1.46. The van der Waals surface area contributed by atoms with Crippen LogP contribution in [0.3, 0.4) is 0 Å². The average molecular weight is 268 g/mol. The first-order chi connectivity index (χ1) is 8.58. The van der Waals surface area contributed by atoms with Crippen molar-refractivity contribution in [3.8, 4) is 11.4 Å². The number of nitrogens with two attached hydrogens (primary N) is 1. The standard InChI is InChI=1S/C12H11ClFN3O/c13-8-6-7(2-3-9(8)14)10-16-11(18-17-10)12(15)4-1-5-12/h2-3,6H,1,4-5,15H2. The summed E-state index contributed by atoms with van der Waals surface area (Å²) in [7, 11) is 0. The Labute approximate surface area is 108 Å². The van der Waals surface area contributed by atoms with E-state index >= 15 is 0 Å². The molecule has 0 spiro atoms. The van der Waals surface area contributed by atoms with Crippen LogP contribution in [0.25, 0.3) is 11.4 Å². The normalized spacial score (nSPS) is 17.5. The maximum atomic E-state index is 13.1. The van der Waals surface area contributed by atoms with Crippen LogP contribution in [0.15, 0.2) is 22.7 Å². The molecular formula is C12H11ClFN3O. The fourth-order valence-electron chi connectivity index (χ4n) is 1.95. The zero-order valence-corrected chi connectivity index (χ0v) is 10.2. The summed E-state index contributed by atoms with van der Waals surface area (Å²) in [6.45, 7) is 0. The Kier molecular flexibility index (Phi) is 2.60. The number of hydrogen-bond donors (Lipinski definition) is 1. The third-order valence-electron chi connectivity index (χ3n) is 3.28. The van der Waals surface area contributed by atoms with Crippen molar-refractivity contribution < 1.29 is 8.91 Å². The van der Waals surface area contributed by atoms with Gasteiger partial charge in [0.1, 0.15) is 5.82 Å². The minimum Gasteiger partial charge on any atom is -0.337 e. The SMILES string of the molecule is NC1(c2nc(-c3ccc(F)c(Cl)c3)no2)CCC1. The van der Waals surface area contributed by atoms with Gasteiger partial charge in [0, 0.05) is 5.56 Å². The summed E-state index contributed by atoms with van der Waals surface area (Å²) >= 11 is 5.71. The largest absolute Gasteiger partial charge is 0.337 e. The smallest absolute Gasteiger partial charge is 0.247 e. The summed E-state index contributed by atoms with van der Waals surface area (Å²) in [4.78, 5) is 4.26. The number of nitrogens with zero attached hydrogens (tertiary/aromatic N) is 2. The highest BCUT2D eigenvalue weighted by molar-refractivity contribution is 6.31. The fourth-order valence-corrected chi connectivity index (χ4v) is 2.13. The molecule has 0 bridgehead atoms. The molecule has 0 radical (unpaired) electrons. The third-order valence-corrected chi connectivity index (χ3v) is 3.57. The predicted octanol–water partition coefficient (Wildman–Crippen LogP) is 2.87. The lowest BCUT2D eigenvalue weighted by molar-refractivity contribution is 0.181. The number of aromatic nitrogens is 2. The molecule has 4 nitrogen and oxygen atoms in total. The van der Waals surface area contributed by atoms with Gasteiger partial charge in [-0.15, -0.1) is 0 Å². The van der Waals surface area contributed by atoms with Gasteiger partial charge in [-0.25, -0.2) is 4.39 Å². The molecule has 2 aromatic rings. The van der Waals surface area contributed by atoms with E-state index in [1.54, 1.807) is 6.07 Å². The molecule has 0 unspecified atom stereocenters. The first kappa shape index (κ1) is 11.6. The number of benzene rings is 1. The van der Waals surface area contributed by atoms with Crippen molar-refractivity contribution in [2.75, 3.05) is 0 Å². The minimum absolute atomic E-state index is 0.0324. The molecule has 1 aromatic carbocycles. The van der Waals surface area contributed by atoms with E-state index in [1.807, 2.05) is 0 Å². The van der Waals surface area contributed by atoms with Crippen LogP contribution in [0.5, 0.6) is 0 Å². The van der Waals surface area contributed by atoms with Gasteiger partial charge in [-0.3, -0.25) is 0 Å². The summed E-state index contributed by atoms with van der Waals surface area (Å²) in [6, 6.07) is 4.30. The molecule has 3 rings (SSSR count). The van der Waals surface area contributed by atoms with Gasteiger partial charge < -0.3 is 10.3 Å². The highest BCUT2D eigenvalue weighted by Gasteiger charge is 2.39.